The lowest BCUT2D eigenvalue weighted by atomic mass is 10.3. The Balaban J connectivity index is 2.26. The molecule has 0 N–H and O–H groups in total. The molecule has 2 rings (SSSR count). The third-order valence-electron chi connectivity index (χ3n) is 2.46. The maximum absolute atomic E-state index is 12.1. The minimum Gasteiger partial charge on any atom is -0.494 e. The van der Waals surface area contributed by atoms with Crippen molar-refractivity contribution in [1.29, 1.82) is 0 Å². The molecule has 0 fully saturated rings. The first-order valence-electron chi connectivity index (χ1n) is 6.12. The number of rotatable bonds is 6. The minimum absolute atomic E-state index is 0.0817. The first-order chi connectivity index (χ1) is 9.56. The first-order valence-corrected chi connectivity index (χ1v) is 7.53. The van der Waals surface area contributed by atoms with Crippen LogP contribution in [0.25, 0.3) is 0 Å². The summed E-state index contributed by atoms with van der Waals surface area (Å²) in [7, 11) is -3.96. The fraction of sp³-hybridized carbons (Fsp3) is 0.333. The molecule has 20 heavy (non-hydrogen) atoms. The Bertz CT molecular complexity index is 682. The summed E-state index contributed by atoms with van der Waals surface area (Å²) in [5.41, 5.74) is 0. The summed E-state index contributed by atoms with van der Waals surface area (Å²) in [6.45, 7) is 4.48. The van der Waals surface area contributed by atoms with Crippen molar-refractivity contribution in [3.63, 3.8) is 0 Å². The first kappa shape index (κ1) is 14.3. The van der Waals surface area contributed by atoms with Gasteiger partial charge in [-0.15, -0.1) is 5.10 Å². The van der Waals surface area contributed by atoms with Crippen LogP contribution >= 0.6 is 0 Å². The Labute approximate surface area is 117 Å². The molecule has 7 nitrogen and oxygen atoms in total. The number of aromatic nitrogens is 3. The summed E-state index contributed by atoms with van der Waals surface area (Å²) in [4.78, 5) is 0. The molecule has 0 amide bonds. The molecule has 2 aromatic rings. The summed E-state index contributed by atoms with van der Waals surface area (Å²) in [5, 5.41) is 7.17. The number of nitrogens with zero attached hydrogens (tertiary/aromatic N) is 3. The summed E-state index contributed by atoms with van der Waals surface area (Å²) in [6, 6.07) is 6.44. The van der Waals surface area contributed by atoms with Crippen LogP contribution < -0.4 is 8.92 Å². The van der Waals surface area contributed by atoms with E-state index in [-0.39, 0.29) is 10.8 Å². The quantitative estimate of drug-likeness (QED) is 0.751. The largest absolute Gasteiger partial charge is 0.494 e. The van der Waals surface area contributed by atoms with Crippen LogP contribution in [-0.4, -0.2) is 30.0 Å². The van der Waals surface area contributed by atoms with Crippen LogP contribution in [0.15, 0.2) is 35.5 Å². The summed E-state index contributed by atoms with van der Waals surface area (Å²) < 4.78 is 35.9. The van der Waals surface area contributed by atoms with Gasteiger partial charge >= 0.3 is 10.1 Å². The van der Waals surface area contributed by atoms with Crippen LogP contribution in [0.3, 0.4) is 0 Å². The number of hydrogen-bond acceptors (Lipinski definition) is 6. The van der Waals surface area contributed by atoms with E-state index in [0.717, 1.165) is 6.20 Å². The van der Waals surface area contributed by atoms with Gasteiger partial charge in [0.15, 0.2) is 0 Å². The predicted octanol–water partition coefficient (Wildman–Crippen LogP) is 1.46. The molecule has 1 aromatic carbocycles. The van der Waals surface area contributed by atoms with Gasteiger partial charge in [0.2, 0.25) is 5.03 Å². The summed E-state index contributed by atoms with van der Waals surface area (Å²) >= 11 is 0. The Morgan fingerprint density at radius 1 is 1.25 bits per heavy atom. The van der Waals surface area contributed by atoms with E-state index in [1.165, 1.54) is 10.7 Å². The van der Waals surface area contributed by atoms with Crippen molar-refractivity contribution in [2.75, 3.05) is 6.61 Å². The van der Waals surface area contributed by atoms with E-state index in [2.05, 4.69) is 10.3 Å². The van der Waals surface area contributed by atoms with Crippen molar-refractivity contribution in [2.24, 2.45) is 0 Å². The number of hydrogen-bond donors (Lipinski definition) is 0. The SMILES string of the molecule is CCOc1cccc(OS(=O)(=O)c2cnnn2CC)c1. The van der Waals surface area contributed by atoms with Crippen LogP contribution in [-0.2, 0) is 16.7 Å². The van der Waals surface area contributed by atoms with Crippen molar-refractivity contribution in [1.82, 2.24) is 15.0 Å². The van der Waals surface area contributed by atoms with Gasteiger partial charge in [0.25, 0.3) is 0 Å². The molecule has 108 valence electrons. The molecule has 0 aliphatic heterocycles. The fourth-order valence-corrected chi connectivity index (χ4v) is 2.66. The highest BCUT2D eigenvalue weighted by molar-refractivity contribution is 7.87. The topological polar surface area (TPSA) is 83.3 Å². The molecule has 0 aliphatic carbocycles. The van der Waals surface area contributed by atoms with Gasteiger partial charge < -0.3 is 8.92 Å². The van der Waals surface area contributed by atoms with E-state index < -0.39 is 10.1 Å². The van der Waals surface area contributed by atoms with Crippen LogP contribution in [0, 0.1) is 0 Å². The van der Waals surface area contributed by atoms with Crippen LogP contribution in [0.4, 0.5) is 0 Å². The van der Waals surface area contributed by atoms with Crippen molar-refractivity contribution >= 4 is 10.1 Å². The summed E-state index contributed by atoms with van der Waals surface area (Å²) in [5.74, 6) is 0.724. The Morgan fingerprint density at radius 2 is 2.00 bits per heavy atom. The van der Waals surface area contributed by atoms with E-state index in [1.807, 2.05) is 6.92 Å². The van der Waals surface area contributed by atoms with Crippen molar-refractivity contribution in [2.45, 2.75) is 25.4 Å². The van der Waals surface area contributed by atoms with Gasteiger partial charge in [-0.1, -0.05) is 11.3 Å². The Kier molecular flexibility index (Phi) is 4.23. The minimum atomic E-state index is -3.96. The van der Waals surface area contributed by atoms with Crippen LogP contribution in [0.1, 0.15) is 13.8 Å². The van der Waals surface area contributed by atoms with Crippen LogP contribution in [0.2, 0.25) is 0 Å². The van der Waals surface area contributed by atoms with E-state index in [1.54, 1.807) is 25.1 Å². The molecule has 0 aliphatic rings. The second kappa shape index (κ2) is 5.91. The third-order valence-corrected chi connectivity index (χ3v) is 3.70. The standard InChI is InChI=1S/C12H15N3O4S/c1-3-15-12(9-13-14-15)20(16,17)19-11-7-5-6-10(8-11)18-4-2/h5-9H,3-4H2,1-2H3. The molecule has 1 heterocycles. The lowest BCUT2D eigenvalue weighted by Crippen LogP contribution is -2.15. The normalized spacial score (nSPS) is 11.3. The van der Waals surface area contributed by atoms with E-state index in [4.69, 9.17) is 8.92 Å². The fourth-order valence-electron chi connectivity index (χ4n) is 1.61. The maximum atomic E-state index is 12.1. The molecule has 0 atom stereocenters. The molecule has 0 spiro atoms. The van der Waals surface area contributed by atoms with Gasteiger partial charge in [-0.05, 0) is 26.0 Å². The second-order valence-electron chi connectivity index (χ2n) is 3.83. The zero-order valence-corrected chi connectivity index (χ0v) is 12.0. The number of aryl methyl sites for hydroxylation is 1. The molecule has 0 unspecified atom stereocenters. The highest BCUT2D eigenvalue weighted by atomic mass is 32.2. The molecule has 0 saturated carbocycles. The van der Waals surface area contributed by atoms with Crippen molar-refractivity contribution in [3.8, 4) is 11.5 Å². The average molecular weight is 297 g/mol. The van der Waals surface area contributed by atoms with Crippen molar-refractivity contribution < 1.29 is 17.3 Å². The zero-order valence-electron chi connectivity index (χ0n) is 11.2. The van der Waals surface area contributed by atoms with Gasteiger partial charge in [-0.2, -0.15) is 8.42 Å². The number of ether oxygens (including phenoxy) is 1. The molecule has 8 heteroatoms. The average Bonchev–Trinajstić information content (AvgIpc) is 2.88. The molecule has 1 aromatic heterocycles. The van der Waals surface area contributed by atoms with Gasteiger partial charge in [0, 0.05) is 12.6 Å². The Hall–Kier alpha value is -2.09. The smallest absolute Gasteiger partial charge is 0.358 e. The molecular weight excluding hydrogens is 282 g/mol. The van der Waals surface area contributed by atoms with Gasteiger partial charge in [0.1, 0.15) is 11.5 Å². The third kappa shape index (κ3) is 3.08. The zero-order chi connectivity index (χ0) is 14.6. The van der Waals surface area contributed by atoms with Gasteiger partial charge in [0.05, 0.1) is 12.8 Å². The second-order valence-corrected chi connectivity index (χ2v) is 5.33. The van der Waals surface area contributed by atoms with Crippen molar-refractivity contribution in [3.05, 3.63) is 30.5 Å². The monoisotopic (exact) mass is 297 g/mol. The Morgan fingerprint density at radius 3 is 2.70 bits per heavy atom. The lowest BCUT2D eigenvalue weighted by Gasteiger charge is -2.09. The molecule has 0 radical (unpaired) electrons. The molecule has 0 saturated heterocycles. The van der Waals surface area contributed by atoms with E-state index in [9.17, 15) is 8.42 Å². The van der Waals surface area contributed by atoms with Gasteiger partial charge in [-0.3, -0.25) is 0 Å². The van der Waals surface area contributed by atoms with Crippen LogP contribution in [0.5, 0.6) is 11.5 Å². The van der Waals surface area contributed by atoms with E-state index >= 15 is 0 Å². The highest BCUT2D eigenvalue weighted by Crippen LogP contribution is 2.23. The van der Waals surface area contributed by atoms with E-state index in [0.29, 0.717) is 18.9 Å². The van der Waals surface area contributed by atoms with Gasteiger partial charge in [-0.25, -0.2) is 4.68 Å². The lowest BCUT2D eigenvalue weighted by molar-refractivity contribution is 0.339. The summed E-state index contributed by atoms with van der Waals surface area (Å²) in [6.07, 6.45) is 1.16. The number of benzene rings is 1. The molecular formula is C12H15N3O4S. The highest BCUT2D eigenvalue weighted by Gasteiger charge is 2.22. The maximum Gasteiger partial charge on any atom is 0.358 e. The molecule has 0 bridgehead atoms. The predicted molar refractivity (Wildman–Crippen MR) is 71.1 cm³/mol.